The molecule has 2 heterocycles. The maximum Gasteiger partial charge on any atom is 0.408 e. The second-order valence-corrected chi connectivity index (χ2v) is 7.59. The standard InChI is InChI=1S/C18H24N6O3/c1-18(5-6-18)24(17(25)26)12-4-3-11(7-12)13-8-14(23-22-13)20-15-9-19-10-16(21-15)27-2/h8-12H,3-7H2,1-2H3,(H,25,26)(H2,20,21,22,23)/t11-,12+/m0/s1. The highest BCUT2D eigenvalue weighted by Gasteiger charge is 2.50. The Hall–Kier alpha value is -2.84. The lowest BCUT2D eigenvalue weighted by Gasteiger charge is -2.32. The minimum absolute atomic E-state index is 0.0731. The third kappa shape index (κ3) is 3.54. The quantitative estimate of drug-likeness (QED) is 0.713. The van der Waals surface area contributed by atoms with Crippen LogP contribution in [0, 0.1) is 0 Å². The van der Waals surface area contributed by atoms with Gasteiger partial charge in [-0.25, -0.2) is 4.79 Å². The number of hydrogen-bond donors (Lipinski definition) is 3. The first-order chi connectivity index (χ1) is 13.0. The molecular weight excluding hydrogens is 348 g/mol. The first kappa shape index (κ1) is 17.6. The number of aromatic nitrogens is 4. The van der Waals surface area contributed by atoms with Gasteiger partial charge < -0.3 is 15.2 Å². The van der Waals surface area contributed by atoms with Gasteiger partial charge in [0.1, 0.15) is 0 Å². The average molecular weight is 372 g/mol. The Kier molecular flexibility index (Phi) is 4.37. The Bertz CT molecular complexity index is 834. The number of hydrogen-bond acceptors (Lipinski definition) is 6. The van der Waals surface area contributed by atoms with Crippen LogP contribution in [0.3, 0.4) is 0 Å². The second kappa shape index (κ2) is 6.71. The van der Waals surface area contributed by atoms with Crippen molar-refractivity contribution >= 4 is 17.7 Å². The zero-order valence-electron chi connectivity index (χ0n) is 15.5. The summed E-state index contributed by atoms with van der Waals surface area (Å²) in [6.45, 7) is 2.04. The van der Waals surface area contributed by atoms with E-state index in [4.69, 9.17) is 4.74 Å². The van der Waals surface area contributed by atoms with E-state index >= 15 is 0 Å². The van der Waals surface area contributed by atoms with E-state index in [9.17, 15) is 9.90 Å². The molecule has 2 aliphatic rings. The summed E-state index contributed by atoms with van der Waals surface area (Å²) in [6.07, 6.45) is 6.91. The molecule has 144 valence electrons. The lowest BCUT2D eigenvalue weighted by atomic mass is 10.0. The van der Waals surface area contributed by atoms with Crippen LogP contribution in [0.25, 0.3) is 0 Å². The molecule has 0 aromatic carbocycles. The van der Waals surface area contributed by atoms with Crippen LogP contribution in [0.1, 0.15) is 50.6 Å². The number of H-pyrrole nitrogens is 1. The first-order valence-electron chi connectivity index (χ1n) is 9.19. The number of ether oxygens (including phenoxy) is 1. The Morgan fingerprint density at radius 2 is 2.19 bits per heavy atom. The molecule has 2 aromatic heterocycles. The summed E-state index contributed by atoms with van der Waals surface area (Å²) < 4.78 is 5.07. The number of carbonyl (C=O) groups is 1. The Morgan fingerprint density at radius 1 is 1.37 bits per heavy atom. The number of carboxylic acid groups (broad SMARTS) is 1. The number of nitrogens with one attached hydrogen (secondary N) is 2. The summed E-state index contributed by atoms with van der Waals surface area (Å²) in [5.41, 5.74) is 0.846. The molecule has 2 saturated carbocycles. The Labute approximate surface area is 157 Å². The van der Waals surface area contributed by atoms with Gasteiger partial charge in [0.25, 0.3) is 0 Å². The predicted molar refractivity (Wildman–Crippen MR) is 98.3 cm³/mol. The topological polar surface area (TPSA) is 116 Å². The van der Waals surface area contributed by atoms with E-state index in [-0.39, 0.29) is 17.5 Å². The fourth-order valence-electron chi connectivity index (χ4n) is 3.97. The van der Waals surface area contributed by atoms with Gasteiger partial charge in [0, 0.05) is 29.3 Å². The van der Waals surface area contributed by atoms with Crippen LogP contribution < -0.4 is 10.1 Å². The maximum absolute atomic E-state index is 11.7. The third-order valence-electron chi connectivity index (χ3n) is 5.65. The molecule has 0 aliphatic heterocycles. The van der Waals surface area contributed by atoms with E-state index in [0.29, 0.717) is 17.5 Å². The first-order valence-corrected chi connectivity index (χ1v) is 9.19. The number of rotatable bonds is 6. The van der Waals surface area contributed by atoms with Crippen LogP contribution in [0.2, 0.25) is 0 Å². The number of nitrogens with zero attached hydrogens (tertiary/aromatic N) is 4. The van der Waals surface area contributed by atoms with Crippen LogP contribution >= 0.6 is 0 Å². The molecule has 9 heteroatoms. The molecule has 3 N–H and O–H groups in total. The van der Waals surface area contributed by atoms with Crippen molar-refractivity contribution in [2.75, 3.05) is 12.4 Å². The van der Waals surface area contributed by atoms with Crippen LogP contribution in [-0.2, 0) is 0 Å². The number of anilines is 2. The predicted octanol–water partition coefficient (Wildman–Crippen LogP) is 3.12. The number of amides is 1. The fourth-order valence-corrected chi connectivity index (χ4v) is 3.97. The molecule has 0 saturated heterocycles. The zero-order valence-corrected chi connectivity index (χ0v) is 15.5. The molecule has 2 atom stereocenters. The van der Waals surface area contributed by atoms with Crippen LogP contribution in [0.15, 0.2) is 18.5 Å². The second-order valence-electron chi connectivity index (χ2n) is 7.59. The van der Waals surface area contributed by atoms with Gasteiger partial charge >= 0.3 is 6.09 Å². The zero-order chi connectivity index (χ0) is 19.0. The molecule has 1 amide bonds. The van der Waals surface area contributed by atoms with Crippen LogP contribution in [-0.4, -0.2) is 55.0 Å². The summed E-state index contributed by atoms with van der Waals surface area (Å²) >= 11 is 0. The van der Waals surface area contributed by atoms with Gasteiger partial charge in [-0.15, -0.1) is 0 Å². The summed E-state index contributed by atoms with van der Waals surface area (Å²) in [4.78, 5) is 21.8. The highest BCUT2D eigenvalue weighted by atomic mass is 16.5. The fraction of sp³-hybridized carbons (Fsp3) is 0.556. The summed E-state index contributed by atoms with van der Waals surface area (Å²) in [7, 11) is 1.54. The largest absolute Gasteiger partial charge is 0.480 e. The van der Waals surface area contributed by atoms with E-state index in [1.54, 1.807) is 18.2 Å². The van der Waals surface area contributed by atoms with Crippen molar-refractivity contribution in [2.24, 2.45) is 0 Å². The van der Waals surface area contributed by atoms with Crippen molar-refractivity contribution in [3.05, 3.63) is 24.2 Å². The van der Waals surface area contributed by atoms with E-state index in [1.165, 1.54) is 6.20 Å². The lowest BCUT2D eigenvalue weighted by molar-refractivity contribution is 0.0955. The molecule has 0 bridgehead atoms. The molecule has 2 aliphatic carbocycles. The van der Waals surface area contributed by atoms with E-state index in [1.807, 2.05) is 13.0 Å². The molecule has 0 spiro atoms. The Morgan fingerprint density at radius 3 is 2.89 bits per heavy atom. The monoisotopic (exact) mass is 372 g/mol. The van der Waals surface area contributed by atoms with Crippen molar-refractivity contribution in [3.63, 3.8) is 0 Å². The minimum atomic E-state index is -0.802. The van der Waals surface area contributed by atoms with E-state index in [2.05, 4.69) is 25.5 Å². The van der Waals surface area contributed by atoms with E-state index < -0.39 is 6.09 Å². The number of methoxy groups -OCH3 is 1. The average Bonchev–Trinajstić information content (AvgIpc) is 3.03. The molecule has 2 fully saturated rings. The van der Waals surface area contributed by atoms with Gasteiger partial charge in [-0.2, -0.15) is 10.1 Å². The third-order valence-corrected chi connectivity index (χ3v) is 5.65. The van der Waals surface area contributed by atoms with Crippen LogP contribution in [0.5, 0.6) is 5.88 Å². The summed E-state index contributed by atoms with van der Waals surface area (Å²) in [6, 6.07) is 2.03. The molecule has 0 unspecified atom stereocenters. The van der Waals surface area contributed by atoms with Gasteiger partial charge in [-0.1, -0.05) is 0 Å². The Balaban J connectivity index is 1.42. The van der Waals surface area contributed by atoms with Crippen molar-refractivity contribution in [1.29, 1.82) is 0 Å². The van der Waals surface area contributed by atoms with E-state index in [0.717, 1.165) is 37.8 Å². The normalized spacial score (nSPS) is 23.0. The summed E-state index contributed by atoms with van der Waals surface area (Å²) in [5.74, 6) is 1.91. The molecule has 4 rings (SSSR count). The molecule has 0 radical (unpaired) electrons. The van der Waals surface area contributed by atoms with Crippen molar-refractivity contribution in [1.82, 2.24) is 25.1 Å². The highest BCUT2D eigenvalue weighted by Crippen LogP contribution is 2.47. The van der Waals surface area contributed by atoms with Gasteiger partial charge in [-0.3, -0.25) is 15.0 Å². The van der Waals surface area contributed by atoms with Gasteiger partial charge in [0.05, 0.1) is 19.5 Å². The lowest BCUT2D eigenvalue weighted by Crippen LogP contribution is -2.45. The van der Waals surface area contributed by atoms with Crippen molar-refractivity contribution in [3.8, 4) is 5.88 Å². The smallest absolute Gasteiger partial charge is 0.408 e. The maximum atomic E-state index is 11.7. The van der Waals surface area contributed by atoms with Gasteiger partial charge in [0.2, 0.25) is 5.88 Å². The van der Waals surface area contributed by atoms with Crippen LogP contribution in [0.4, 0.5) is 16.4 Å². The summed E-state index contributed by atoms with van der Waals surface area (Å²) in [5, 5.41) is 20.1. The van der Waals surface area contributed by atoms with Crippen molar-refractivity contribution in [2.45, 2.75) is 56.5 Å². The van der Waals surface area contributed by atoms with Gasteiger partial charge in [0.15, 0.2) is 11.6 Å². The van der Waals surface area contributed by atoms with Crippen molar-refractivity contribution < 1.29 is 14.6 Å². The SMILES string of the molecule is COc1cncc(Nc2cc([C@H]3CC[C@@H](N(C(=O)O)C4(C)CC4)C3)[nH]n2)n1. The molecule has 2 aromatic rings. The number of aromatic amines is 1. The highest BCUT2D eigenvalue weighted by molar-refractivity contribution is 5.67. The van der Waals surface area contributed by atoms with Gasteiger partial charge in [-0.05, 0) is 39.0 Å². The molecule has 27 heavy (non-hydrogen) atoms. The molecule has 9 nitrogen and oxygen atoms in total. The minimum Gasteiger partial charge on any atom is -0.480 e. The molecular formula is C18H24N6O3.